The van der Waals surface area contributed by atoms with Crippen molar-refractivity contribution in [1.29, 1.82) is 0 Å². The molecule has 0 bridgehead atoms. The molecule has 0 saturated carbocycles. The molecule has 3 rings (SSSR count). The molecular weight excluding hydrogens is 244 g/mol. The second kappa shape index (κ2) is 5.66. The molecule has 2 nitrogen and oxygen atoms in total. The Hall–Kier alpha value is -2.48. The standard InChI is InChI=1S/C18H16N2/c1-2-16-9-6-10-17(20-16)15-11-12-19-18(13-15)14-7-4-3-5-8-14/h3-13H,2H2,1H3/i1D3,2D2. The first-order chi connectivity index (χ1) is 11.8. The first-order valence-corrected chi connectivity index (χ1v) is 6.28. The Balaban J connectivity index is 2.03. The normalized spacial score (nSPS) is 15.5. The highest BCUT2D eigenvalue weighted by molar-refractivity contribution is 5.68. The van der Waals surface area contributed by atoms with E-state index in [4.69, 9.17) is 6.85 Å². The van der Waals surface area contributed by atoms with Crippen molar-refractivity contribution in [2.45, 2.75) is 13.2 Å². The van der Waals surface area contributed by atoms with Crippen molar-refractivity contribution in [3.63, 3.8) is 0 Å². The van der Waals surface area contributed by atoms with E-state index in [0.717, 1.165) is 16.8 Å². The Labute approximate surface area is 126 Å². The lowest BCUT2D eigenvalue weighted by Gasteiger charge is -2.06. The summed E-state index contributed by atoms with van der Waals surface area (Å²) in [4.78, 5) is 8.61. The summed E-state index contributed by atoms with van der Waals surface area (Å²) in [6.07, 6.45) is -0.858. The number of nitrogens with zero attached hydrogens (tertiary/aromatic N) is 2. The van der Waals surface area contributed by atoms with Crippen LogP contribution in [0.1, 0.15) is 19.4 Å². The second-order valence-corrected chi connectivity index (χ2v) is 4.33. The third-order valence-corrected chi connectivity index (χ3v) is 3.00. The molecule has 2 heteroatoms. The summed E-state index contributed by atoms with van der Waals surface area (Å²) >= 11 is 0. The SMILES string of the molecule is [2H]C([2H])([2H])C([2H])([2H])c1cccc(-c2ccnc(-c3ccccc3)c2)n1. The van der Waals surface area contributed by atoms with E-state index in [9.17, 15) is 0 Å². The minimum Gasteiger partial charge on any atom is -0.256 e. The molecule has 0 radical (unpaired) electrons. The van der Waals surface area contributed by atoms with Crippen LogP contribution in [0.15, 0.2) is 66.9 Å². The maximum absolute atomic E-state index is 7.88. The van der Waals surface area contributed by atoms with Gasteiger partial charge in [-0.2, -0.15) is 0 Å². The predicted octanol–water partition coefficient (Wildman–Crippen LogP) is 4.37. The average molecular weight is 265 g/mol. The van der Waals surface area contributed by atoms with Crippen LogP contribution in [0.5, 0.6) is 0 Å². The molecule has 3 aromatic rings. The van der Waals surface area contributed by atoms with Gasteiger partial charge in [0.05, 0.1) is 11.4 Å². The van der Waals surface area contributed by atoms with E-state index in [0.29, 0.717) is 5.69 Å². The zero-order valence-corrected chi connectivity index (χ0v) is 10.7. The Morgan fingerprint density at radius 1 is 0.950 bits per heavy atom. The molecule has 0 aliphatic rings. The van der Waals surface area contributed by atoms with Crippen LogP contribution in [0.3, 0.4) is 0 Å². The van der Waals surface area contributed by atoms with Gasteiger partial charge in [-0.05, 0) is 30.6 Å². The van der Waals surface area contributed by atoms with Crippen LogP contribution in [0, 0.1) is 0 Å². The first-order valence-electron chi connectivity index (χ1n) is 8.78. The Morgan fingerprint density at radius 2 is 1.85 bits per heavy atom. The molecule has 0 spiro atoms. The van der Waals surface area contributed by atoms with Crippen LogP contribution in [-0.2, 0) is 6.37 Å². The summed E-state index contributed by atoms with van der Waals surface area (Å²) in [6.45, 7) is -2.79. The van der Waals surface area contributed by atoms with Crippen molar-refractivity contribution in [2.75, 3.05) is 0 Å². The van der Waals surface area contributed by atoms with Gasteiger partial charge < -0.3 is 0 Å². The number of hydrogen-bond donors (Lipinski definition) is 0. The average Bonchev–Trinajstić information content (AvgIpc) is 2.62. The summed E-state index contributed by atoms with van der Waals surface area (Å²) in [5.41, 5.74) is 2.87. The Bertz CT molecular complexity index is 876. The number of aromatic nitrogens is 2. The molecular formula is C18H16N2. The van der Waals surface area contributed by atoms with Crippen LogP contribution in [0.4, 0.5) is 0 Å². The molecule has 0 N–H and O–H groups in total. The Morgan fingerprint density at radius 3 is 2.70 bits per heavy atom. The van der Waals surface area contributed by atoms with Crippen molar-refractivity contribution < 1.29 is 6.85 Å². The molecule has 0 unspecified atom stereocenters. The van der Waals surface area contributed by atoms with Gasteiger partial charge in [0.25, 0.3) is 0 Å². The minimum absolute atomic E-state index is 0.108. The summed E-state index contributed by atoms with van der Waals surface area (Å²) in [7, 11) is 0. The highest BCUT2D eigenvalue weighted by atomic mass is 14.7. The summed E-state index contributed by atoms with van der Waals surface area (Å²) in [5, 5.41) is 0. The van der Waals surface area contributed by atoms with Gasteiger partial charge in [-0.15, -0.1) is 0 Å². The molecule has 1 aromatic carbocycles. The fourth-order valence-electron chi connectivity index (χ4n) is 2.02. The molecule has 98 valence electrons. The van der Waals surface area contributed by atoms with Gasteiger partial charge in [0.15, 0.2) is 0 Å². The maximum atomic E-state index is 7.88. The van der Waals surface area contributed by atoms with Gasteiger partial charge in [-0.1, -0.05) is 43.3 Å². The van der Waals surface area contributed by atoms with Crippen LogP contribution in [0.25, 0.3) is 22.5 Å². The number of aryl methyl sites for hydroxylation is 1. The lowest BCUT2D eigenvalue weighted by molar-refractivity contribution is 1.04. The van der Waals surface area contributed by atoms with Gasteiger partial charge in [0, 0.05) is 29.9 Å². The third-order valence-electron chi connectivity index (χ3n) is 3.00. The van der Waals surface area contributed by atoms with Gasteiger partial charge in [0.2, 0.25) is 0 Å². The largest absolute Gasteiger partial charge is 0.256 e. The number of hydrogen-bond acceptors (Lipinski definition) is 2. The van der Waals surface area contributed by atoms with Crippen molar-refractivity contribution in [3.8, 4) is 22.5 Å². The van der Waals surface area contributed by atoms with Crippen molar-refractivity contribution >= 4 is 0 Å². The molecule has 0 aliphatic heterocycles. The monoisotopic (exact) mass is 265 g/mol. The van der Waals surface area contributed by atoms with E-state index in [1.807, 2.05) is 36.4 Å². The highest BCUT2D eigenvalue weighted by Gasteiger charge is 2.04. The molecule has 0 atom stereocenters. The molecule has 2 heterocycles. The number of benzene rings is 1. The van der Waals surface area contributed by atoms with Gasteiger partial charge >= 0.3 is 0 Å². The van der Waals surface area contributed by atoms with Crippen molar-refractivity contribution in [2.24, 2.45) is 0 Å². The highest BCUT2D eigenvalue weighted by Crippen LogP contribution is 2.23. The van der Waals surface area contributed by atoms with E-state index in [1.165, 1.54) is 6.07 Å². The van der Waals surface area contributed by atoms with Crippen LogP contribution < -0.4 is 0 Å². The van der Waals surface area contributed by atoms with Crippen LogP contribution in [0.2, 0.25) is 0 Å². The van der Waals surface area contributed by atoms with Crippen molar-refractivity contribution in [1.82, 2.24) is 9.97 Å². The predicted molar refractivity (Wildman–Crippen MR) is 82.3 cm³/mol. The smallest absolute Gasteiger partial charge is 0.0708 e. The molecule has 0 aliphatic carbocycles. The van der Waals surface area contributed by atoms with Crippen LogP contribution >= 0.6 is 0 Å². The van der Waals surface area contributed by atoms with E-state index < -0.39 is 13.2 Å². The topological polar surface area (TPSA) is 25.8 Å². The zero-order valence-electron chi connectivity index (χ0n) is 15.7. The lowest BCUT2D eigenvalue weighted by Crippen LogP contribution is -1.91. The number of rotatable bonds is 3. The fraction of sp³-hybridized carbons (Fsp3) is 0.111. The van der Waals surface area contributed by atoms with Crippen molar-refractivity contribution in [3.05, 3.63) is 72.6 Å². The number of pyridine rings is 2. The van der Waals surface area contributed by atoms with Gasteiger partial charge in [0.1, 0.15) is 0 Å². The van der Waals surface area contributed by atoms with Gasteiger partial charge in [-0.3, -0.25) is 9.97 Å². The summed E-state index contributed by atoms with van der Waals surface area (Å²) in [5.74, 6) is 0. The van der Waals surface area contributed by atoms with Crippen LogP contribution in [-0.4, -0.2) is 9.97 Å². The van der Waals surface area contributed by atoms with E-state index in [2.05, 4.69) is 9.97 Å². The van der Waals surface area contributed by atoms with E-state index in [-0.39, 0.29) is 5.69 Å². The third kappa shape index (κ3) is 2.59. The molecule has 0 amide bonds. The zero-order chi connectivity index (χ0) is 18.1. The van der Waals surface area contributed by atoms with Gasteiger partial charge in [-0.25, -0.2) is 0 Å². The lowest BCUT2D eigenvalue weighted by atomic mass is 10.1. The fourth-order valence-corrected chi connectivity index (χ4v) is 2.02. The summed E-state index contributed by atoms with van der Waals surface area (Å²) in [6, 6.07) is 18.0. The Kier molecular flexibility index (Phi) is 2.25. The van der Waals surface area contributed by atoms with E-state index >= 15 is 0 Å². The minimum atomic E-state index is -2.79. The molecule has 0 saturated heterocycles. The van der Waals surface area contributed by atoms with E-state index in [1.54, 1.807) is 24.4 Å². The maximum Gasteiger partial charge on any atom is 0.0708 e. The molecule has 2 aromatic heterocycles. The second-order valence-electron chi connectivity index (χ2n) is 4.33. The molecule has 20 heavy (non-hydrogen) atoms. The molecule has 0 fully saturated rings. The summed E-state index contributed by atoms with van der Waals surface area (Å²) < 4.78 is 38.0. The quantitative estimate of drug-likeness (QED) is 0.702. The first kappa shape index (κ1) is 7.95.